The molecule has 1 N–H and O–H groups in total. The van der Waals surface area contributed by atoms with Crippen molar-refractivity contribution in [1.82, 2.24) is 25.0 Å². The number of hydrogen-bond acceptors (Lipinski definition) is 4. The molecule has 1 aliphatic rings. The fraction of sp³-hybridized carbons (Fsp3) is 0.458. The summed E-state index contributed by atoms with van der Waals surface area (Å²) in [5, 5.41) is 8.86. The van der Waals surface area contributed by atoms with Crippen molar-refractivity contribution in [3.05, 3.63) is 58.4 Å². The van der Waals surface area contributed by atoms with Crippen LogP contribution in [0.1, 0.15) is 40.9 Å². The topological polar surface area (TPSA) is 63.1 Å². The van der Waals surface area contributed by atoms with Gasteiger partial charge in [0.15, 0.2) is 5.65 Å². The molecule has 6 heteroatoms. The zero-order valence-electron chi connectivity index (χ0n) is 18.4. The molecule has 6 nitrogen and oxygen atoms in total. The van der Waals surface area contributed by atoms with E-state index >= 15 is 0 Å². The first kappa shape index (κ1) is 20.5. The van der Waals surface area contributed by atoms with Crippen LogP contribution in [0, 0.1) is 20.8 Å². The van der Waals surface area contributed by atoms with E-state index in [1.807, 2.05) is 31.6 Å². The molecule has 0 spiro atoms. The van der Waals surface area contributed by atoms with Gasteiger partial charge in [0.2, 0.25) is 5.91 Å². The van der Waals surface area contributed by atoms with Crippen LogP contribution < -0.4 is 5.32 Å². The molecule has 2 aromatic heterocycles. The van der Waals surface area contributed by atoms with Crippen LogP contribution in [0.4, 0.5) is 0 Å². The van der Waals surface area contributed by atoms with E-state index in [1.54, 1.807) is 0 Å². The van der Waals surface area contributed by atoms with E-state index in [0.29, 0.717) is 12.8 Å². The number of likely N-dealkylation sites (tertiary alicyclic amines) is 1. The molecule has 1 aromatic carbocycles. The molecule has 1 saturated heterocycles. The van der Waals surface area contributed by atoms with Crippen LogP contribution in [0.2, 0.25) is 0 Å². The summed E-state index contributed by atoms with van der Waals surface area (Å²) in [6.45, 7) is 9.06. The van der Waals surface area contributed by atoms with Gasteiger partial charge in [-0.25, -0.2) is 4.98 Å². The lowest BCUT2D eigenvalue weighted by Crippen LogP contribution is -2.37. The van der Waals surface area contributed by atoms with Crippen LogP contribution in [0.25, 0.3) is 11.0 Å². The molecule has 0 radical (unpaired) electrons. The standard InChI is InChI=1S/C24H31N5O/c1-16-21(17(2)25-24-23(16)18(3)27-28(24)4)10-11-22(30)26-20-12-13-29(15-20)14-19-8-6-5-7-9-19/h5-9,20H,10-15H2,1-4H3,(H,26,30)/t20-/m0/s1. The van der Waals surface area contributed by atoms with E-state index in [-0.39, 0.29) is 11.9 Å². The summed E-state index contributed by atoms with van der Waals surface area (Å²) >= 11 is 0. The molecule has 1 atom stereocenters. The number of fused-ring (bicyclic) bond motifs is 1. The van der Waals surface area contributed by atoms with E-state index in [1.165, 1.54) is 16.7 Å². The minimum absolute atomic E-state index is 0.128. The third-order valence-corrected chi connectivity index (χ3v) is 6.22. The molecular weight excluding hydrogens is 374 g/mol. The summed E-state index contributed by atoms with van der Waals surface area (Å²) in [5.74, 6) is 0.128. The number of nitrogens with zero attached hydrogens (tertiary/aromatic N) is 4. The average molecular weight is 406 g/mol. The van der Waals surface area contributed by atoms with Gasteiger partial charge in [0, 0.05) is 50.2 Å². The summed E-state index contributed by atoms with van der Waals surface area (Å²) in [5.41, 5.74) is 6.60. The van der Waals surface area contributed by atoms with E-state index < -0.39 is 0 Å². The number of carbonyl (C=O) groups excluding carboxylic acids is 1. The van der Waals surface area contributed by atoms with Gasteiger partial charge in [0.25, 0.3) is 0 Å². The molecule has 158 valence electrons. The third kappa shape index (κ3) is 4.24. The van der Waals surface area contributed by atoms with E-state index in [2.05, 4.69) is 46.5 Å². The maximum Gasteiger partial charge on any atom is 0.220 e. The number of carbonyl (C=O) groups is 1. The van der Waals surface area contributed by atoms with Crippen molar-refractivity contribution in [2.24, 2.45) is 7.05 Å². The van der Waals surface area contributed by atoms with Crippen molar-refractivity contribution in [2.45, 2.75) is 52.6 Å². The highest BCUT2D eigenvalue weighted by atomic mass is 16.1. The van der Waals surface area contributed by atoms with Crippen molar-refractivity contribution in [2.75, 3.05) is 13.1 Å². The highest BCUT2D eigenvalue weighted by molar-refractivity contribution is 5.84. The molecule has 30 heavy (non-hydrogen) atoms. The summed E-state index contributed by atoms with van der Waals surface area (Å²) in [7, 11) is 1.93. The molecule has 1 amide bonds. The van der Waals surface area contributed by atoms with Gasteiger partial charge in [0.05, 0.1) is 5.69 Å². The van der Waals surface area contributed by atoms with Gasteiger partial charge in [-0.3, -0.25) is 14.4 Å². The Bertz CT molecular complexity index is 1060. The first-order valence-electron chi connectivity index (χ1n) is 10.8. The van der Waals surface area contributed by atoms with E-state index in [4.69, 9.17) is 4.98 Å². The maximum atomic E-state index is 12.6. The number of pyridine rings is 1. The Morgan fingerprint density at radius 2 is 1.93 bits per heavy atom. The van der Waals surface area contributed by atoms with Crippen LogP contribution in [-0.2, 0) is 24.8 Å². The Kier molecular flexibility index (Phi) is 5.86. The summed E-state index contributed by atoms with van der Waals surface area (Å²) < 4.78 is 1.84. The maximum absolute atomic E-state index is 12.6. The summed E-state index contributed by atoms with van der Waals surface area (Å²) in [6.07, 6.45) is 2.21. The molecule has 0 aliphatic carbocycles. The number of rotatable bonds is 6. The van der Waals surface area contributed by atoms with Gasteiger partial charge in [-0.2, -0.15) is 5.10 Å². The average Bonchev–Trinajstić information content (AvgIpc) is 3.25. The molecule has 3 aromatic rings. The Hall–Kier alpha value is -2.73. The molecule has 1 fully saturated rings. The highest BCUT2D eigenvalue weighted by Gasteiger charge is 2.24. The van der Waals surface area contributed by atoms with Gasteiger partial charge >= 0.3 is 0 Å². The normalized spacial score (nSPS) is 17.0. The fourth-order valence-electron chi connectivity index (χ4n) is 4.70. The zero-order valence-corrected chi connectivity index (χ0v) is 18.4. The van der Waals surface area contributed by atoms with Crippen molar-refractivity contribution >= 4 is 16.9 Å². The Labute approximate surface area is 178 Å². The second kappa shape index (κ2) is 8.56. The Morgan fingerprint density at radius 1 is 1.17 bits per heavy atom. The lowest BCUT2D eigenvalue weighted by Gasteiger charge is -2.17. The molecule has 0 saturated carbocycles. The second-order valence-corrected chi connectivity index (χ2v) is 8.48. The number of hydrogen-bond donors (Lipinski definition) is 1. The van der Waals surface area contributed by atoms with Gasteiger partial charge in [-0.1, -0.05) is 30.3 Å². The summed E-state index contributed by atoms with van der Waals surface area (Å²) in [4.78, 5) is 19.8. The monoisotopic (exact) mass is 405 g/mol. The highest BCUT2D eigenvalue weighted by Crippen LogP contribution is 2.26. The smallest absolute Gasteiger partial charge is 0.220 e. The van der Waals surface area contributed by atoms with Gasteiger partial charge in [-0.15, -0.1) is 0 Å². The minimum atomic E-state index is 0.128. The van der Waals surface area contributed by atoms with Crippen LogP contribution in [0.15, 0.2) is 30.3 Å². The fourth-order valence-corrected chi connectivity index (χ4v) is 4.70. The van der Waals surface area contributed by atoms with Crippen molar-refractivity contribution in [3.63, 3.8) is 0 Å². The lowest BCUT2D eigenvalue weighted by atomic mass is 9.99. The predicted octanol–water partition coefficient (Wildman–Crippen LogP) is 3.22. The van der Waals surface area contributed by atoms with Gasteiger partial charge in [0.1, 0.15) is 0 Å². The number of nitrogens with one attached hydrogen (secondary N) is 1. The van der Waals surface area contributed by atoms with Gasteiger partial charge < -0.3 is 5.32 Å². The van der Waals surface area contributed by atoms with Crippen molar-refractivity contribution in [1.29, 1.82) is 0 Å². The van der Waals surface area contributed by atoms with Gasteiger partial charge in [-0.05, 0) is 50.3 Å². The molecule has 0 bridgehead atoms. The molecular formula is C24H31N5O. The van der Waals surface area contributed by atoms with Crippen molar-refractivity contribution in [3.8, 4) is 0 Å². The Balaban J connectivity index is 1.34. The third-order valence-electron chi connectivity index (χ3n) is 6.22. The first-order chi connectivity index (χ1) is 14.4. The first-order valence-corrected chi connectivity index (χ1v) is 10.8. The minimum Gasteiger partial charge on any atom is -0.352 e. The lowest BCUT2D eigenvalue weighted by molar-refractivity contribution is -0.121. The largest absolute Gasteiger partial charge is 0.352 e. The second-order valence-electron chi connectivity index (χ2n) is 8.48. The molecule has 4 rings (SSSR count). The van der Waals surface area contributed by atoms with Crippen LogP contribution >= 0.6 is 0 Å². The molecule has 3 heterocycles. The van der Waals surface area contributed by atoms with Crippen molar-refractivity contribution < 1.29 is 4.79 Å². The number of amides is 1. The number of aromatic nitrogens is 3. The zero-order chi connectivity index (χ0) is 21.3. The summed E-state index contributed by atoms with van der Waals surface area (Å²) in [6, 6.07) is 10.8. The van der Waals surface area contributed by atoms with E-state index in [9.17, 15) is 4.79 Å². The Morgan fingerprint density at radius 3 is 2.70 bits per heavy atom. The SMILES string of the molecule is Cc1nc2c(c(C)nn2C)c(C)c1CCC(=O)N[C@H]1CCN(Cc2ccccc2)C1. The van der Waals surface area contributed by atoms with Crippen LogP contribution in [-0.4, -0.2) is 44.7 Å². The van der Waals surface area contributed by atoms with Crippen LogP contribution in [0.3, 0.4) is 0 Å². The number of aryl methyl sites for hydroxylation is 4. The van der Waals surface area contributed by atoms with Crippen LogP contribution in [0.5, 0.6) is 0 Å². The number of benzene rings is 1. The molecule has 1 aliphatic heterocycles. The quantitative estimate of drug-likeness (QED) is 0.684. The van der Waals surface area contributed by atoms with E-state index in [0.717, 1.165) is 48.5 Å². The molecule has 0 unspecified atom stereocenters. The predicted molar refractivity (Wildman–Crippen MR) is 119 cm³/mol.